The highest BCUT2D eigenvalue weighted by atomic mass is 16.5. The van der Waals surface area contributed by atoms with Gasteiger partial charge in [-0.15, -0.1) is 0 Å². The number of carbonyl (C=O) groups excluding carboxylic acids is 1. The van der Waals surface area contributed by atoms with Crippen molar-refractivity contribution in [3.63, 3.8) is 0 Å². The van der Waals surface area contributed by atoms with Gasteiger partial charge in [0.1, 0.15) is 0 Å². The summed E-state index contributed by atoms with van der Waals surface area (Å²) >= 11 is 0. The van der Waals surface area contributed by atoms with Gasteiger partial charge >= 0.3 is 6.09 Å². The van der Waals surface area contributed by atoms with E-state index in [1.165, 1.54) is 10.7 Å². The lowest BCUT2D eigenvalue weighted by Crippen LogP contribution is -2.38. The summed E-state index contributed by atoms with van der Waals surface area (Å²) < 4.78 is 6.30. The Hall–Kier alpha value is -3.19. The molecule has 2 N–H and O–H groups in total. The van der Waals surface area contributed by atoms with Crippen molar-refractivity contribution in [2.75, 3.05) is 11.9 Å². The number of nitrogens with zero attached hydrogens (tertiary/aromatic N) is 2. The monoisotopic (exact) mass is 423 g/mol. The molecule has 1 fully saturated rings. The minimum atomic E-state index is -0.523. The summed E-state index contributed by atoms with van der Waals surface area (Å²) in [5.41, 5.74) is 2.74. The Kier molecular flexibility index (Phi) is 7.41. The maximum Gasteiger partial charge on any atom is 0.411 e. The van der Waals surface area contributed by atoms with Crippen molar-refractivity contribution in [3.05, 3.63) is 76.2 Å². The van der Waals surface area contributed by atoms with Gasteiger partial charge in [0.15, 0.2) is 0 Å². The van der Waals surface area contributed by atoms with E-state index in [1.807, 2.05) is 31.2 Å². The molecule has 1 amide bonds. The van der Waals surface area contributed by atoms with Gasteiger partial charge in [-0.1, -0.05) is 37.3 Å². The van der Waals surface area contributed by atoms with Gasteiger partial charge in [0, 0.05) is 17.7 Å². The van der Waals surface area contributed by atoms with Crippen LogP contribution in [-0.4, -0.2) is 33.7 Å². The Morgan fingerprint density at radius 2 is 2.16 bits per heavy atom. The second-order valence-corrected chi connectivity index (χ2v) is 7.74. The Bertz CT molecular complexity index is 1030. The van der Waals surface area contributed by atoms with E-state index in [4.69, 9.17) is 4.74 Å². The molecule has 0 radical (unpaired) electrons. The van der Waals surface area contributed by atoms with E-state index in [1.54, 1.807) is 31.2 Å². The Morgan fingerprint density at radius 3 is 2.84 bits per heavy atom. The normalized spacial score (nSPS) is 21.0. The number of ether oxygens (including phenoxy) is 1. The molecule has 0 aliphatic heterocycles. The first kappa shape index (κ1) is 22.5. The molecule has 1 aliphatic carbocycles. The van der Waals surface area contributed by atoms with Crippen LogP contribution in [0.25, 0.3) is 5.57 Å². The number of rotatable bonds is 7. The predicted octanol–water partition coefficient (Wildman–Crippen LogP) is 3.84. The highest BCUT2D eigenvalue weighted by Crippen LogP contribution is 2.37. The first-order valence-electron chi connectivity index (χ1n) is 10.5. The number of nitrogens with one attached hydrogen (secondary N) is 1. The Morgan fingerprint density at radius 1 is 1.35 bits per heavy atom. The van der Waals surface area contributed by atoms with E-state index in [-0.39, 0.29) is 30.7 Å². The third-order valence-corrected chi connectivity index (χ3v) is 5.38. The van der Waals surface area contributed by atoms with E-state index in [2.05, 4.69) is 17.3 Å². The molecular weight excluding hydrogens is 394 g/mol. The second-order valence-electron chi connectivity index (χ2n) is 7.74. The first-order valence-corrected chi connectivity index (χ1v) is 10.5. The standard InChI is InChI=1S/C24H29N3O4/c1-4-7-18(14-20-16(3)12-22(20)28)21-10-11-23(29)27(26-21)15-17-8-6-9-19(13-17)25-24(30)31-5-2/h4,6-11,13-14,16,20,22,28H,5,12,15H2,1-3H3,(H,25,30)/b7-4-,18-14+. The van der Waals surface area contributed by atoms with E-state index >= 15 is 0 Å². The summed E-state index contributed by atoms with van der Waals surface area (Å²) in [6.45, 7) is 6.33. The molecule has 7 heteroatoms. The van der Waals surface area contributed by atoms with Crippen molar-refractivity contribution in [1.82, 2.24) is 9.78 Å². The van der Waals surface area contributed by atoms with Crippen LogP contribution in [0.3, 0.4) is 0 Å². The molecule has 31 heavy (non-hydrogen) atoms. The summed E-state index contributed by atoms with van der Waals surface area (Å²) in [6.07, 6.45) is 5.84. The van der Waals surface area contributed by atoms with Gasteiger partial charge in [-0.2, -0.15) is 5.10 Å². The number of carbonyl (C=O) groups is 1. The number of aromatic nitrogens is 2. The molecule has 0 saturated heterocycles. The predicted molar refractivity (Wildman–Crippen MR) is 121 cm³/mol. The lowest BCUT2D eigenvalue weighted by molar-refractivity contribution is 0.00220. The van der Waals surface area contributed by atoms with Crippen molar-refractivity contribution >= 4 is 17.4 Å². The van der Waals surface area contributed by atoms with Crippen LogP contribution in [-0.2, 0) is 11.3 Å². The van der Waals surface area contributed by atoms with Crippen molar-refractivity contribution in [1.29, 1.82) is 0 Å². The summed E-state index contributed by atoms with van der Waals surface area (Å²) in [7, 11) is 0. The minimum absolute atomic E-state index is 0.0824. The van der Waals surface area contributed by atoms with Crippen LogP contribution in [0.5, 0.6) is 0 Å². The SMILES string of the molecule is C/C=C\C(=C/C1C(C)CC1O)c1ccc(=O)n(Cc2cccc(NC(=O)OCC)c2)n1. The molecule has 3 unspecified atom stereocenters. The number of aliphatic hydroxyl groups excluding tert-OH is 1. The molecule has 164 valence electrons. The molecule has 3 rings (SSSR count). The van der Waals surface area contributed by atoms with Crippen molar-refractivity contribution in [2.45, 2.75) is 39.8 Å². The van der Waals surface area contributed by atoms with Gasteiger partial charge in [-0.3, -0.25) is 10.1 Å². The lowest BCUT2D eigenvalue weighted by atomic mass is 9.71. The summed E-state index contributed by atoms with van der Waals surface area (Å²) in [5.74, 6) is 0.495. The molecule has 1 aromatic heterocycles. The number of hydrogen-bond acceptors (Lipinski definition) is 5. The topological polar surface area (TPSA) is 93.5 Å². The fraction of sp³-hybridized carbons (Fsp3) is 0.375. The van der Waals surface area contributed by atoms with Crippen LogP contribution in [0, 0.1) is 11.8 Å². The number of aliphatic hydroxyl groups is 1. The molecule has 1 saturated carbocycles. The fourth-order valence-electron chi connectivity index (χ4n) is 3.69. The van der Waals surface area contributed by atoms with Gasteiger partial charge in [0.25, 0.3) is 5.56 Å². The Balaban J connectivity index is 1.85. The van der Waals surface area contributed by atoms with Crippen LogP contribution < -0.4 is 10.9 Å². The number of anilines is 1. The third-order valence-electron chi connectivity index (χ3n) is 5.38. The molecule has 1 aromatic carbocycles. The van der Waals surface area contributed by atoms with Crippen LogP contribution in [0.2, 0.25) is 0 Å². The highest BCUT2D eigenvalue weighted by molar-refractivity contribution is 5.84. The molecular formula is C24H29N3O4. The largest absolute Gasteiger partial charge is 0.450 e. The molecule has 0 spiro atoms. The van der Waals surface area contributed by atoms with Crippen molar-refractivity contribution < 1.29 is 14.6 Å². The zero-order valence-corrected chi connectivity index (χ0v) is 18.1. The van der Waals surface area contributed by atoms with Gasteiger partial charge in [-0.25, -0.2) is 9.48 Å². The number of allylic oxidation sites excluding steroid dienone is 3. The van der Waals surface area contributed by atoms with E-state index in [0.29, 0.717) is 17.3 Å². The van der Waals surface area contributed by atoms with E-state index < -0.39 is 6.09 Å². The van der Waals surface area contributed by atoms with Crippen molar-refractivity contribution in [3.8, 4) is 0 Å². The molecule has 0 bridgehead atoms. The number of benzene rings is 1. The lowest BCUT2D eigenvalue weighted by Gasteiger charge is -2.38. The number of amides is 1. The highest BCUT2D eigenvalue weighted by Gasteiger charge is 2.35. The summed E-state index contributed by atoms with van der Waals surface area (Å²) in [6, 6.07) is 10.4. The minimum Gasteiger partial charge on any atom is -0.450 e. The molecule has 2 aromatic rings. The average Bonchev–Trinajstić information content (AvgIpc) is 2.73. The van der Waals surface area contributed by atoms with Gasteiger partial charge in [0.2, 0.25) is 0 Å². The zero-order valence-electron chi connectivity index (χ0n) is 18.1. The van der Waals surface area contributed by atoms with Gasteiger partial charge < -0.3 is 9.84 Å². The fourth-order valence-corrected chi connectivity index (χ4v) is 3.69. The molecule has 1 aliphatic rings. The van der Waals surface area contributed by atoms with Crippen LogP contribution >= 0.6 is 0 Å². The quantitative estimate of drug-likeness (QED) is 0.660. The van der Waals surface area contributed by atoms with Crippen LogP contribution in [0.1, 0.15) is 38.4 Å². The maximum absolute atomic E-state index is 12.4. The maximum atomic E-state index is 12.4. The number of hydrogen-bond donors (Lipinski definition) is 2. The van der Waals surface area contributed by atoms with Gasteiger partial charge in [0.05, 0.1) is 24.9 Å². The van der Waals surface area contributed by atoms with Gasteiger partial charge in [-0.05, 0) is 55.5 Å². The second kappa shape index (κ2) is 10.2. The van der Waals surface area contributed by atoms with E-state index in [0.717, 1.165) is 17.6 Å². The Labute approximate surface area is 182 Å². The van der Waals surface area contributed by atoms with E-state index in [9.17, 15) is 14.7 Å². The molecule has 3 atom stereocenters. The first-order chi connectivity index (χ1) is 14.9. The molecule has 1 heterocycles. The summed E-state index contributed by atoms with van der Waals surface area (Å²) in [5, 5.41) is 17.3. The van der Waals surface area contributed by atoms with Crippen LogP contribution in [0.4, 0.5) is 10.5 Å². The zero-order chi connectivity index (χ0) is 22.4. The average molecular weight is 424 g/mol. The molecule has 7 nitrogen and oxygen atoms in total. The summed E-state index contributed by atoms with van der Waals surface area (Å²) in [4.78, 5) is 24.1. The third kappa shape index (κ3) is 5.70. The van der Waals surface area contributed by atoms with Crippen LogP contribution in [0.15, 0.2) is 59.4 Å². The van der Waals surface area contributed by atoms with Crippen molar-refractivity contribution in [2.24, 2.45) is 11.8 Å². The smallest absolute Gasteiger partial charge is 0.411 e.